The Morgan fingerprint density at radius 2 is 2.04 bits per heavy atom. The van der Waals surface area contributed by atoms with Gasteiger partial charge in [-0.25, -0.2) is 0 Å². The zero-order valence-corrected chi connectivity index (χ0v) is 17.0. The summed E-state index contributed by atoms with van der Waals surface area (Å²) in [6.45, 7) is 2.57. The van der Waals surface area contributed by atoms with Gasteiger partial charge in [0.05, 0.1) is 11.8 Å². The van der Waals surface area contributed by atoms with E-state index >= 15 is 0 Å². The average molecular weight is 402 g/mol. The maximum atomic E-state index is 12.5. The number of nitrogens with zero attached hydrogens (tertiary/aromatic N) is 3. The number of hydrogen-bond acceptors (Lipinski definition) is 5. The largest absolute Gasteiger partial charge is 0.370 e. The molecular weight excluding hydrogens is 374 g/mol. The van der Waals surface area contributed by atoms with Crippen molar-refractivity contribution in [2.75, 3.05) is 5.75 Å². The second-order valence-corrected chi connectivity index (χ2v) is 8.03. The number of aromatic nitrogens is 3. The van der Waals surface area contributed by atoms with E-state index in [1.54, 1.807) is 0 Å². The standard InChI is InChI=1S/C20H27N5O2S/c1-2-6-16(14-7-4-3-5-8-14)22-18(27)13-28-20-24-23-19(15-9-10-15)25(20)12-11-17(21)26/h3-5,7-8,15-16H,2,6,9-13H2,1H3,(H2,21,26)(H,22,27). The van der Waals surface area contributed by atoms with Gasteiger partial charge in [0.25, 0.3) is 0 Å². The van der Waals surface area contributed by atoms with Crippen LogP contribution in [0.3, 0.4) is 0 Å². The van der Waals surface area contributed by atoms with Crippen molar-refractivity contribution in [2.45, 2.75) is 62.7 Å². The first-order valence-electron chi connectivity index (χ1n) is 9.77. The quantitative estimate of drug-likeness (QED) is 0.564. The third-order valence-electron chi connectivity index (χ3n) is 4.72. The van der Waals surface area contributed by atoms with Crippen LogP contribution in [0.2, 0.25) is 0 Å². The molecule has 2 amide bonds. The number of nitrogens with one attached hydrogen (secondary N) is 1. The maximum Gasteiger partial charge on any atom is 0.230 e. The Morgan fingerprint density at radius 3 is 2.68 bits per heavy atom. The Balaban J connectivity index is 1.61. The van der Waals surface area contributed by atoms with Crippen LogP contribution in [0.4, 0.5) is 0 Å². The van der Waals surface area contributed by atoms with Gasteiger partial charge in [-0.2, -0.15) is 0 Å². The van der Waals surface area contributed by atoms with E-state index < -0.39 is 0 Å². The number of amides is 2. The summed E-state index contributed by atoms with van der Waals surface area (Å²) in [5.41, 5.74) is 6.41. The van der Waals surface area contributed by atoms with Gasteiger partial charge < -0.3 is 15.6 Å². The van der Waals surface area contributed by atoms with E-state index in [-0.39, 0.29) is 30.0 Å². The first kappa shape index (κ1) is 20.4. The first-order valence-corrected chi connectivity index (χ1v) is 10.8. The lowest BCUT2D eigenvalue weighted by Crippen LogP contribution is -2.30. The van der Waals surface area contributed by atoms with Crippen molar-refractivity contribution < 1.29 is 9.59 Å². The topological polar surface area (TPSA) is 103 Å². The minimum Gasteiger partial charge on any atom is -0.370 e. The molecule has 1 atom stereocenters. The van der Waals surface area contributed by atoms with Crippen LogP contribution in [0, 0.1) is 0 Å². The molecule has 0 aliphatic heterocycles. The highest BCUT2D eigenvalue weighted by Gasteiger charge is 2.30. The van der Waals surface area contributed by atoms with E-state index in [0.717, 1.165) is 37.1 Å². The molecule has 3 N–H and O–H groups in total. The van der Waals surface area contributed by atoms with Crippen LogP contribution in [0.15, 0.2) is 35.5 Å². The maximum absolute atomic E-state index is 12.5. The third kappa shape index (κ3) is 5.58. The highest BCUT2D eigenvalue weighted by Crippen LogP contribution is 2.40. The molecule has 7 nitrogen and oxygen atoms in total. The lowest BCUT2D eigenvalue weighted by Gasteiger charge is -2.18. The number of hydrogen-bond donors (Lipinski definition) is 2. The zero-order chi connectivity index (χ0) is 19.9. The Hall–Kier alpha value is -2.35. The van der Waals surface area contributed by atoms with Crippen molar-refractivity contribution in [1.29, 1.82) is 0 Å². The van der Waals surface area contributed by atoms with Gasteiger partial charge in [-0.05, 0) is 24.8 Å². The lowest BCUT2D eigenvalue weighted by atomic mass is 10.0. The second-order valence-electron chi connectivity index (χ2n) is 7.09. The number of carbonyl (C=O) groups is 2. The highest BCUT2D eigenvalue weighted by atomic mass is 32.2. The molecule has 1 unspecified atom stereocenters. The third-order valence-corrected chi connectivity index (χ3v) is 5.68. The second kappa shape index (κ2) is 9.73. The molecule has 0 radical (unpaired) electrons. The van der Waals surface area contributed by atoms with Crippen LogP contribution in [0.1, 0.15) is 62.4 Å². The fourth-order valence-electron chi connectivity index (χ4n) is 3.14. The molecule has 1 fully saturated rings. The molecule has 1 saturated carbocycles. The summed E-state index contributed by atoms with van der Waals surface area (Å²) in [7, 11) is 0. The van der Waals surface area contributed by atoms with E-state index in [0.29, 0.717) is 17.6 Å². The number of primary amides is 1. The summed E-state index contributed by atoms with van der Waals surface area (Å²) in [6, 6.07) is 10.0. The first-order chi connectivity index (χ1) is 13.6. The molecule has 3 rings (SSSR count). The number of thioether (sulfide) groups is 1. The van der Waals surface area contributed by atoms with Crippen molar-refractivity contribution in [3.05, 3.63) is 41.7 Å². The fourth-order valence-corrected chi connectivity index (χ4v) is 3.93. The number of benzene rings is 1. The van der Waals surface area contributed by atoms with Crippen LogP contribution in [-0.4, -0.2) is 32.3 Å². The average Bonchev–Trinajstić information content (AvgIpc) is 3.45. The summed E-state index contributed by atoms with van der Waals surface area (Å²) < 4.78 is 1.95. The van der Waals surface area contributed by atoms with Gasteiger partial charge in [-0.15, -0.1) is 10.2 Å². The van der Waals surface area contributed by atoms with Gasteiger partial charge in [0.15, 0.2) is 5.16 Å². The minimum absolute atomic E-state index is 0.00839. The van der Waals surface area contributed by atoms with Crippen LogP contribution < -0.4 is 11.1 Å². The van der Waals surface area contributed by atoms with Crippen LogP contribution in [0.25, 0.3) is 0 Å². The molecule has 2 aromatic rings. The molecule has 0 spiro atoms. The number of carbonyl (C=O) groups excluding carboxylic acids is 2. The summed E-state index contributed by atoms with van der Waals surface area (Å²) >= 11 is 1.35. The van der Waals surface area contributed by atoms with E-state index in [1.165, 1.54) is 11.8 Å². The predicted molar refractivity (Wildman–Crippen MR) is 109 cm³/mol. The molecule has 0 bridgehead atoms. The zero-order valence-electron chi connectivity index (χ0n) is 16.1. The summed E-state index contributed by atoms with van der Waals surface area (Å²) in [5.74, 6) is 1.18. The van der Waals surface area contributed by atoms with Crippen molar-refractivity contribution >= 4 is 23.6 Å². The minimum atomic E-state index is -0.352. The van der Waals surface area contributed by atoms with Crippen LogP contribution >= 0.6 is 11.8 Å². The molecule has 1 aromatic carbocycles. The van der Waals surface area contributed by atoms with E-state index in [1.807, 2.05) is 34.9 Å². The molecule has 0 saturated heterocycles. The van der Waals surface area contributed by atoms with Gasteiger partial charge in [0.2, 0.25) is 11.8 Å². The van der Waals surface area contributed by atoms with E-state index in [4.69, 9.17) is 5.73 Å². The van der Waals surface area contributed by atoms with Crippen molar-refractivity contribution in [2.24, 2.45) is 5.73 Å². The fraction of sp³-hybridized carbons (Fsp3) is 0.500. The Kier molecular flexibility index (Phi) is 7.08. The molecule has 8 heteroatoms. The molecule has 1 heterocycles. The normalized spacial score (nSPS) is 14.6. The van der Waals surface area contributed by atoms with Gasteiger partial charge >= 0.3 is 0 Å². The van der Waals surface area contributed by atoms with Crippen molar-refractivity contribution in [3.8, 4) is 0 Å². The van der Waals surface area contributed by atoms with Crippen molar-refractivity contribution in [1.82, 2.24) is 20.1 Å². The van der Waals surface area contributed by atoms with Crippen LogP contribution in [-0.2, 0) is 16.1 Å². The van der Waals surface area contributed by atoms with E-state index in [9.17, 15) is 9.59 Å². The molecule has 150 valence electrons. The Labute approximate surface area is 169 Å². The van der Waals surface area contributed by atoms with E-state index in [2.05, 4.69) is 22.4 Å². The lowest BCUT2D eigenvalue weighted by molar-refractivity contribution is -0.119. The van der Waals surface area contributed by atoms with Gasteiger partial charge in [0.1, 0.15) is 5.82 Å². The SMILES string of the molecule is CCCC(NC(=O)CSc1nnc(C2CC2)n1CCC(N)=O)c1ccccc1. The molecule has 1 aliphatic carbocycles. The molecule has 1 aromatic heterocycles. The molecule has 28 heavy (non-hydrogen) atoms. The Bertz CT molecular complexity index is 804. The summed E-state index contributed by atoms with van der Waals surface area (Å²) in [4.78, 5) is 23.7. The predicted octanol–water partition coefficient (Wildman–Crippen LogP) is 2.78. The highest BCUT2D eigenvalue weighted by molar-refractivity contribution is 7.99. The number of nitrogens with two attached hydrogens (primary N) is 1. The Morgan fingerprint density at radius 1 is 1.29 bits per heavy atom. The van der Waals surface area contributed by atoms with Crippen molar-refractivity contribution in [3.63, 3.8) is 0 Å². The summed E-state index contributed by atoms with van der Waals surface area (Å²) in [5, 5.41) is 12.3. The van der Waals surface area contributed by atoms with Gasteiger partial charge in [-0.1, -0.05) is 55.4 Å². The molecular formula is C20H27N5O2S. The van der Waals surface area contributed by atoms with Gasteiger partial charge in [0, 0.05) is 18.9 Å². The monoisotopic (exact) mass is 401 g/mol. The van der Waals surface area contributed by atoms with Gasteiger partial charge in [-0.3, -0.25) is 9.59 Å². The smallest absolute Gasteiger partial charge is 0.230 e. The number of rotatable bonds is 11. The van der Waals surface area contributed by atoms with Crippen LogP contribution in [0.5, 0.6) is 0 Å². The molecule has 1 aliphatic rings. The summed E-state index contributed by atoms with van der Waals surface area (Å²) in [6.07, 6.45) is 4.30.